The third-order valence-electron chi connectivity index (χ3n) is 2.11. The van der Waals surface area contributed by atoms with Crippen molar-refractivity contribution in [2.45, 2.75) is 0 Å². The average Bonchev–Trinajstić information content (AvgIpc) is 2.77. The molecular formula is C9H6N2O3. The summed E-state index contributed by atoms with van der Waals surface area (Å²) in [5, 5.41) is 0. The van der Waals surface area contributed by atoms with E-state index in [1.165, 1.54) is 0 Å². The van der Waals surface area contributed by atoms with E-state index in [1.54, 1.807) is 12.1 Å². The number of carbonyl (C=O) groups is 1. The molecule has 3 rings (SSSR count). The van der Waals surface area contributed by atoms with Crippen molar-refractivity contribution in [3.05, 3.63) is 18.0 Å². The average molecular weight is 190 g/mol. The molecule has 0 saturated carbocycles. The molecule has 0 spiro atoms. The van der Waals surface area contributed by atoms with Gasteiger partial charge in [0, 0.05) is 12.1 Å². The number of rotatable bonds is 1. The molecule has 2 aromatic rings. The van der Waals surface area contributed by atoms with Crippen LogP contribution in [0.5, 0.6) is 11.5 Å². The third-order valence-corrected chi connectivity index (χ3v) is 2.11. The van der Waals surface area contributed by atoms with Crippen molar-refractivity contribution in [2.75, 3.05) is 6.79 Å². The van der Waals surface area contributed by atoms with Crippen molar-refractivity contribution < 1.29 is 14.3 Å². The lowest BCUT2D eigenvalue weighted by atomic mass is 10.3. The van der Waals surface area contributed by atoms with Gasteiger partial charge < -0.3 is 14.5 Å². The highest BCUT2D eigenvalue weighted by molar-refractivity contribution is 5.84. The molecule has 1 aromatic carbocycles. The zero-order chi connectivity index (χ0) is 9.54. The Morgan fingerprint density at radius 3 is 2.93 bits per heavy atom. The maximum absolute atomic E-state index is 10.5. The highest BCUT2D eigenvalue weighted by atomic mass is 16.7. The molecule has 14 heavy (non-hydrogen) atoms. The second-order valence-corrected chi connectivity index (χ2v) is 2.96. The van der Waals surface area contributed by atoms with Gasteiger partial charge in [-0.15, -0.1) is 0 Å². The molecule has 0 radical (unpaired) electrons. The Kier molecular flexibility index (Phi) is 1.30. The molecule has 1 aliphatic rings. The Labute approximate surface area is 78.7 Å². The maximum atomic E-state index is 10.5. The van der Waals surface area contributed by atoms with E-state index < -0.39 is 0 Å². The zero-order valence-corrected chi connectivity index (χ0v) is 7.11. The first-order valence-electron chi connectivity index (χ1n) is 4.11. The van der Waals surface area contributed by atoms with Crippen molar-refractivity contribution in [3.63, 3.8) is 0 Å². The number of hydrogen-bond donors (Lipinski definition) is 1. The molecule has 2 heterocycles. The van der Waals surface area contributed by atoms with E-state index in [2.05, 4.69) is 9.97 Å². The minimum atomic E-state index is 0.239. The van der Waals surface area contributed by atoms with Gasteiger partial charge in [-0.3, -0.25) is 4.79 Å². The van der Waals surface area contributed by atoms with Crippen LogP contribution in [0.3, 0.4) is 0 Å². The van der Waals surface area contributed by atoms with Gasteiger partial charge in [0.15, 0.2) is 23.6 Å². The van der Waals surface area contributed by atoms with Crippen LogP contribution in [0.2, 0.25) is 0 Å². The summed E-state index contributed by atoms with van der Waals surface area (Å²) in [4.78, 5) is 17.4. The molecular weight excluding hydrogens is 184 g/mol. The molecule has 5 nitrogen and oxygen atoms in total. The lowest BCUT2D eigenvalue weighted by molar-refractivity contribution is 0.111. The summed E-state index contributed by atoms with van der Waals surface area (Å²) in [6.07, 6.45) is 0.673. The van der Waals surface area contributed by atoms with Crippen LogP contribution in [0.1, 0.15) is 10.6 Å². The minimum absolute atomic E-state index is 0.239. The van der Waals surface area contributed by atoms with Crippen molar-refractivity contribution >= 4 is 17.3 Å². The summed E-state index contributed by atoms with van der Waals surface area (Å²) in [7, 11) is 0. The number of aromatic nitrogens is 2. The molecule has 1 N–H and O–H groups in total. The summed E-state index contributed by atoms with van der Waals surface area (Å²) < 4.78 is 10.4. The molecule has 1 aliphatic heterocycles. The number of nitrogens with one attached hydrogen (secondary N) is 1. The van der Waals surface area contributed by atoms with Gasteiger partial charge in [-0.25, -0.2) is 4.98 Å². The SMILES string of the molecule is O=Cc1nc2cc3c(cc2[nH]1)OCO3. The van der Waals surface area contributed by atoms with Crippen LogP contribution in [-0.2, 0) is 0 Å². The van der Waals surface area contributed by atoms with Crippen LogP contribution in [0.15, 0.2) is 12.1 Å². The third kappa shape index (κ3) is 0.891. The monoisotopic (exact) mass is 190 g/mol. The molecule has 1 aromatic heterocycles. The highest BCUT2D eigenvalue weighted by Crippen LogP contribution is 2.34. The van der Waals surface area contributed by atoms with Crippen molar-refractivity contribution in [2.24, 2.45) is 0 Å². The fourth-order valence-electron chi connectivity index (χ4n) is 1.48. The predicted molar refractivity (Wildman–Crippen MR) is 47.6 cm³/mol. The summed E-state index contributed by atoms with van der Waals surface area (Å²) in [6, 6.07) is 3.53. The second-order valence-electron chi connectivity index (χ2n) is 2.96. The Morgan fingerprint density at radius 2 is 2.14 bits per heavy atom. The molecule has 0 bridgehead atoms. The standard InChI is InChI=1S/C9H6N2O3/c12-3-9-10-5-1-7-8(14-4-13-7)2-6(5)11-9/h1-3H,4H2,(H,10,11). The first-order chi connectivity index (χ1) is 6.86. The lowest BCUT2D eigenvalue weighted by Gasteiger charge is -1.93. The quantitative estimate of drug-likeness (QED) is 0.684. The molecule has 0 saturated heterocycles. The highest BCUT2D eigenvalue weighted by Gasteiger charge is 2.15. The second kappa shape index (κ2) is 2.47. The van der Waals surface area contributed by atoms with Crippen LogP contribution < -0.4 is 9.47 Å². The van der Waals surface area contributed by atoms with E-state index in [9.17, 15) is 4.79 Å². The van der Waals surface area contributed by atoms with Crippen molar-refractivity contribution in [1.29, 1.82) is 0 Å². The molecule has 5 heteroatoms. The fourth-order valence-corrected chi connectivity index (χ4v) is 1.48. The molecule has 0 atom stereocenters. The smallest absolute Gasteiger partial charge is 0.231 e. The van der Waals surface area contributed by atoms with E-state index in [0.29, 0.717) is 29.1 Å². The summed E-state index contributed by atoms with van der Waals surface area (Å²) >= 11 is 0. The number of aldehydes is 1. The molecule has 0 unspecified atom stereocenters. The van der Waals surface area contributed by atoms with Crippen LogP contribution >= 0.6 is 0 Å². The zero-order valence-electron chi connectivity index (χ0n) is 7.11. The predicted octanol–water partition coefficient (Wildman–Crippen LogP) is 1.10. The van der Waals surface area contributed by atoms with Gasteiger partial charge >= 0.3 is 0 Å². The van der Waals surface area contributed by atoms with Gasteiger partial charge in [0.2, 0.25) is 6.79 Å². The van der Waals surface area contributed by atoms with E-state index in [4.69, 9.17) is 9.47 Å². The number of fused-ring (bicyclic) bond motifs is 2. The largest absolute Gasteiger partial charge is 0.454 e. The van der Waals surface area contributed by atoms with Gasteiger partial charge in [-0.05, 0) is 0 Å². The Balaban J connectivity index is 2.29. The number of benzene rings is 1. The van der Waals surface area contributed by atoms with Gasteiger partial charge in [0.05, 0.1) is 11.0 Å². The molecule has 0 aliphatic carbocycles. The first kappa shape index (κ1) is 7.37. The summed E-state index contributed by atoms with van der Waals surface area (Å²) in [6.45, 7) is 0.239. The Hall–Kier alpha value is -2.04. The van der Waals surface area contributed by atoms with Crippen LogP contribution in [-0.4, -0.2) is 23.0 Å². The van der Waals surface area contributed by atoms with E-state index >= 15 is 0 Å². The van der Waals surface area contributed by atoms with E-state index in [0.717, 1.165) is 5.52 Å². The lowest BCUT2D eigenvalue weighted by Crippen LogP contribution is -1.92. The van der Waals surface area contributed by atoms with E-state index in [1.807, 2.05) is 0 Å². The number of H-pyrrole nitrogens is 1. The van der Waals surface area contributed by atoms with Crippen molar-refractivity contribution in [3.8, 4) is 11.5 Å². The number of nitrogens with zero attached hydrogens (tertiary/aromatic N) is 1. The summed E-state index contributed by atoms with van der Waals surface area (Å²) in [5.41, 5.74) is 1.48. The fraction of sp³-hybridized carbons (Fsp3) is 0.111. The van der Waals surface area contributed by atoms with Gasteiger partial charge in [0.25, 0.3) is 0 Å². The Morgan fingerprint density at radius 1 is 1.36 bits per heavy atom. The number of hydrogen-bond acceptors (Lipinski definition) is 4. The number of imidazole rings is 1. The molecule has 70 valence electrons. The normalized spacial score (nSPS) is 13.4. The number of ether oxygens (including phenoxy) is 2. The Bertz CT molecular complexity index is 477. The number of aromatic amines is 1. The molecule has 0 amide bonds. The van der Waals surface area contributed by atoms with Crippen LogP contribution in [0, 0.1) is 0 Å². The topological polar surface area (TPSA) is 64.2 Å². The van der Waals surface area contributed by atoms with Gasteiger partial charge in [0.1, 0.15) is 0 Å². The minimum Gasteiger partial charge on any atom is -0.454 e. The maximum Gasteiger partial charge on any atom is 0.231 e. The van der Waals surface area contributed by atoms with Crippen molar-refractivity contribution in [1.82, 2.24) is 9.97 Å². The van der Waals surface area contributed by atoms with E-state index in [-0.39, 0.29) is 6.79 Å². The van der Waals surface area contributed by atoms with Gasteiger partial charge in [-0.2, -0.15) is 0 Å². The first-order valence-corrected chi connectivity index (χ1v) is 4.11. The van der Waals surface area contributed by atoms with Crippen LogP contribution in [0.25, 0.3) is 11.0 Å². The van der Waals surface area contributed by atoms with Crippen LogP contribution in [0.4, 0.5) is 0 Å². The number of carbonyl (C=O) groups excluding carboxylic acids is 1. The molecule has 0 fully saturated rings. The van der Waals surface area contributed by atoms with Gasteiger partial charge in [-0.1, -0.05) is 0 Å². The summed E-state index contributed by atoms with van der Waals surface area (Å²) in [5.74, 6) is 1.66.